The van der Waals surface area contributed by atoms with Gasteiger partial charge in [-0.3, -0.25) is 0 Å². The molecule has 0 aromatic carbocycles. The molecule has 0 amide bonds. The van der Waals surface area contributed by atoms with Crippen molar-refractivity contribution in [1.82, 2.24) is 10.3 Å². The number of thiazole rings is 1. The van der Waals surface area contributed by atoms with E-state index in [4.69, 9.17) is 9.72 Å². The molecular formula is C16H28N2OS. The zero-order chi connectivity index (χ0) is 15.0. The second kappa shape index (κ2) is 5.74. The molecule has 1 aliphatic carbocycles. The van der Waals surface area contributed by atoms with E-state index in [2.05, 4.69) is 52.2 Å². The molecule has 0 radical (unpaired) electrons. The molecule has 4 heteroatoms. The summed E-state index contributed by atoms with van der Waals surface area (Å²) in [4.78, 5) is 4.74. The third-order valence-corrected chi connectivity index (χ3v) is 5.21. The molecule has 0 bridgehead atoms. The van der Waals surface area contributed by atoms with Crippen molar-refractivity contribution >= 4 is 11.3 Å². The summed E-state index contributed by atoms with van der Waals surface area (Å²) in [5.74, 6) is 0. The quantitative estimate of drug-likeness (QED) is 0.899. The van der Waals surface area contributed by atoms with Gasteiger partial charge in [-0.05, 0) is 13.3 Å². The molecule has 2 unspecified atom stereocenters. The average molecular weight is 296 g/mol. The van der Waals surface area contributed by atoms with E-state index < -0.39 is 0 Å². The Labute approximate surface area is 127 Å². The minimum Gasteiger partial charge on any atom is -0.378 e. The van der Waals surface area contributed by atoms with Gasteiger partial charge >= 0.3 is 0 Å². The van der Waals surface area contributed by atoms with Crippen LogP contribution in [0.3, 0.4) is 0 Å². The zero-order valence-corrected chi connectivity index (χ0v) is 14.4. The predicted octanol–water partition coefficient (Wildman–Crippen LogP) is 3.73. The van der Waals surface area contributed by atoms with Crippen molar-refractivity contribution in [2.45, 2.75) is 72.1 Å². The lowest BCUT2D eigenvalue weighted by Crippen LogP contribution is -2.60. The second-order valence-corrected chi connectivity index (χ2v) is 8.25. The van der Waals surface area contributed by atoms with Crippen molar-refractivity contribution in [2.24, 2.45) is 5.41 Å². The van der Waals surface area contributed by atoms with Crippen LogP contribution in [0.1, 0.15) is 58.7 Å². The first-order valence-electron chi connectivity index (χ1n) is 7.55. The molecule has 0 spiro atoms. The Morgan fingerprint density at radius 2 is 2.15 bits per heavy atom. The molecule has 2 atom stereocenters. The molecule has 1 fully saturated rings. The van der Waals surface area contributed by atoms with Crippen LogP contribution >= 0.6 is 11.3 Å². The van der Waals surface area contributed by atoms with Crippen molar-refractivity contribution in [2.75, 3.05) is 6.61 Å². The first kappa shape index (κ1) is 15.9. The number of nitrogens with one attached hydrogen (secondary N) is 1. The van der Waals surface area contributed by atoms with Gasteiger partial charge in [0.05, 0.1) is 11.8 Å². The van der Waals surface area contributed by atoms with Gasteiger partial charge in [0.15, 0.2) is 0 Å². The van der Waals surface area contributed by atoms with E-state index in [-0.39, 0.29) is 10.8 Å². The van der Waals surface area contributed by atoms with E-state index in [9.17, 15) is 0 Å². The van der Waals surface area contributed by atoms with Gasteiger partial charge in [0.2, 0.25) is 0 Å². The van der Waals surface area contributed by atoms with E-state index in [0.29, 0.717) is 12.1 Å². The lowest BCUT2D eigenvalue weighted by Gasteiger charge is -2.51. The van der Waals surface area contributed by atoms with Gasteiger partial charge in [-0.1, -0.05) is 34.6 Å². The number of ether oxygens (including phenoxy) is 1. The lowest BCUT2D eigenvalue weighted by atomic mass is 9.64. The maximum Gasteiger partial charge on any atom is 0.107 e. The Bertz CT molecular complexity index is 448. The van der Waals surface area contributed by atoms with Crippen LogP contribution in [-0.4, -0.2) is 23.7 Å². The largest absolute Gasteiger partial charge is 0.378 e. The van der Waals surface area contributed by atoms with Crippen LogP contribution in [-0.2, 0) is 16.7 Å². The van der Waals surface area contributed by atoms with Crippen LogP contribution in [0.25, 0.3) is 0 Å². The molecule has 1 aliphatic rings. The normalized spacial score (nSPS) is 25.5. The van der Waals surface area contributed by atoms with Crippen LogP contribution in [0.5, 0.6) is 0 Å². The van der Waals surface area contributed by atoms with Gasteiger partial charge in [-0.15, -0.1) is 11.3 Å². The van der Waals surface area contributed by atoms with E-state index in [1.54, 1.807) is 11.3 Å². The van der Waals surface area contributed by atoms with Crippen molar-refractivity contribution in [1.29, 1.82) is 0 Å². The Hall–Kier alpha value is -0.450. The maximum atomic E-state index is 5.77. The van der Waals surface area contributed by atoms with Crippen molar-refractivity contribution in [3.05, 3.63) is 16.1 Å². The van der Waals surface area contributed by atoms with Gasteiger partial charge in [-0.2, -0.15) is 0 Å². The fourth-order valence-corrected chi connectivity index (χ4v) is 3.63. The number of rotatable bonds is 5. The van der Waals surface area contributed by atoms with E-state index in [1.807, 2.05) is 0 Å². The molecule has 1 aromatic heterocycles. The molecule has 1 aromatic rings. The Kier molecular flexibility index (Phi) is 4.57. The Balaban J connectivity index is 1.86. The third kappa shape index (κ3) is 3.23. The smallest absolute Gasteiger partial charge is 0.107 e. The molecule has 3 nitrogen and oxygen atoms in total. The van der Waals surface area contributed by atoms with Gasteiger partial charge in [0.25, 0.3) is 0 Å². The summed E-state index contributed by atoms with van der Waals surface area (Å²) in [6.45, 7) is 15.0. The summed E-state index contributed by atoms with van der Waals surface area (Å²) < 4.78 is 5.77. The van der Waals surface area contributed by atoms with Crippen molar-refractivity contribution in [3.8, 4) is 0 Å². The minimum absolute atomic E-state index is 0.143. The van der Waals surface area contributed by atoms with E-state index in [0.717, 1.165) is 19.6 Å². The monoisotopic (exact) mass is 296 g/mol. The van der Waals surface area contributed by atoms with Gasteiger partial charge in [0.1, 0.15) is 5.01 Å². The van der Waals surface area contributed by atoms with Crippen LogP contribution in [0.2, 0.25) is 0 Å². The fraction of sp³-hybridized carbons (Fsp3) is 0.812. The lowest BCUT2D eigenvalue weighted by molar-refractivity contribution is -0.114. The molecule has 0 saturated heterocycles. The number of hydrogen-bond donors (Lipinski definition) is 1. The molecule has 2 rings (SSSR count). The van der Waals surface area contributed by atoms with E-state index in [1.165, 1.54) is 10.7 Å². The minimum atomic E-state index is 0.143. The first-order chi connectivity index (χ1) is 9.25. The summed E-state index contributed by atoms with van der Waals surface area (Å²) in [7, 11) is 0. The van der Waals surface area contributed by atoms with Gasteiger partial charge in [0, 0.05) is 35.4 Å². The maximum absolute atomic E-state index is 5.77. The zero-order valence-electron chi connectivity index (χ0n) is 13.6. The summed E-state index contributed by atoms with van der Waals surface area (Å²) in [6.07, 6.45) is 1.50. The van der Waals surface area contributed by atoms with Crippen LogP contribution in [0.4, 0.5) is 0 Å². The predicted molar refractivity (Wildman–Crippen MR) is 85.3 cm³/mol. The standard InChI is InChI=1S/C16H28N2OS/c1-7-19-13-8-11(16(13,5)6)17-9-14-18-12(10-20-14)15(2,3)4/h10-11,13,17H,7-9H2,1-6H3. The number of aromatic nitrogens is 1. The summed E-state index contributed by atoms with van der Waals surface area (Å²) in [5.41, 5.74) is 1.56. The molecule has 1 saturated carbocycles. The molecule has 1 heterocycles. The first-order valence-corrected chi connectivity index (χ1v) is 8.43. The van der Waals surface area contributed by atoms with E-state index >= 15 is 0 Å². The summed E-state index contributed by atoms with van der Waals surface area (Å²) in [6, 6.07) is 0.529. The second-order valence-electron chi connectivity index (χ2n) is 7.31. The highest BCUT2D eigenvalue weighted by Crippen LogP contribution is 2.42. The molecule has 20 heavy (non-hydrogen) atoms. The summed E-state index contributed by atoms with van der Waals surface area (Å²) >= 11 is 1.76. The molecule has 0 aliphatic heterocycles. The number of hydrogen-bond acceptors (Lipinski definition) is 4. The van der Waals surface area contributed by atoms with Crippen LogP contribution < -0.4 is 5.32 Å². The third-order valence-electron chi connectivity index (χ3n) is 4.37. The van der Waals surface area contributed by atoms with Crippen molar-refractivity contribution < 1.29 is 4.74 Å². The molecular weight excluding hydrogens is 268 g/mol. The Morgan fingerprint density at radius 3 is 2.65 bits per heavy atom. The van der Waals surface area contributed by atoms with Crippen LogP contribution in [0, 0.1) is 5.41 Å². The molecule has 1 N–H and O–H groups in total. The fourth-order valence-electron chi connectivity index (χ4n) is 2.66. The summed E-state index contributed by atoms with van der Waals surface area (Å²) in [5, 5.41) is 7.02. The highest BCUT2D eigenvalue weighted by Gasteiger charge is 2.48. The number of nitrogens with zero attached hydrogens (tertiary/aromatic N) is 1. The highest BCUT2D eigenvalue weighted by molar-refractivity contribution is 7.09. The Morgan fingerprint density at radius 1 is 1.45 bits per heavy atom. The average Bonchev–Trinajstić information content (AvgIpc) is 2.81. The van der Waals surface area contributed by atoms with Gasteiger partial charge < -0.3 is 10.1 Å². The molecule has 114 valence electrons. The van der Waals surface area contributed by atoms with Crippen molar-refractivity contribution in [3.63, 3.8) is 0 Å². The topological polar surface area (TPSA) is 34.1 Å². The SMILES string of the molecule is CCOC1CC(NCc2nc(C(C)(C)C)cs2)C1(C)C. The van der Waals surface area contributed by atoms with Crippen LogP contribution in [0.15, 0.2) is 5.38 Å². The highest BCUT2D eigenvalue weighted by atomic mass is 32.1. The van der Waals surface area contributed by atoms with Gasteiger partial charge in [-0.25, -0.2) is 4.98 Å².